The third-order valence-electron chi connectivity index (χ3n) is 4.33. The third-order valence-corrected chi connectivity index (χ3v) is 4.33. The predicted octanol–water partition coefficient (Wildman–Crippen LogP) is 4.26. The Morgan fingerprint density at radius 2 is 1.41 bits per heavy atom. The van der Waals surface area contributed by atoms with Crippen LogP contribution in [0.2, 0.25) is 0 Å². The second kappa shape index (κ2) is 7.85. The van der Waals surface area contributed by atoms with Crippen LogP contribution in [0.15, 0.2) is 97.6 Å². The van der Waals surface area contributed by atoms with Gasteiger partial charge in [0.15, 0.2) is 0 Å². The largest absolute Gasteiger partial charge is 0.465 e. The van der Waals surface area contributed by atoms with Gasteiger partial charge in [0.05, 0.1) is 0 Å². The molecule has 0 saturated heterocycles. The first kappa shape index (κ1) is 17.0. The summed E-state index contributed by atoms with van der Waals surface area (Å²) in [7, 11) is 0. The topological polar surface area (TPSA) is 60.2 Å². The Morgan fingerprint density at radius 1 is 0.778 bits per heavy atom. The van der Waals surface area contributed by atoms with Crippen LogP contribution in [0.5, 0.6) is 5.75 Å². The van der Waals surface area contributed by atoms with Crippen LogP contribution in [-0.4, -0.2) is 19.9 Å². The van der Waals surface area contributed by atoms with E-state index in [0.29, 0.717) is 5.75 Å². The maximum Gasteiger partial charge on any atom is 0.222 e. The lowest BCUT2D eigenvalue weighted by atomic mass is 10.1. The maximum atomic E-state index is 10.8. The molecule has 0 fully saturated rings. The fourth-order valence-corrected chi connectivity index (χ4v) is 2.92. The summed E-state index contributed by atoms with van der Waals surface area (Å²) in [4.78, 5) is 3.98. The van der Waals surface area contributed by atoms with Crippen molar-refractivity contribution >= 4 is 0 Å². The summed E-state index contributed by atoms with van der Waals surface area (Å²) < 4.78 is 7.59. The van der Waals surface area contributed by atoms with Crippen LogP contribution in [0.3, 0.4) is 0 Å². The lowest BCUT2D eigenvalue weighted by Gasteiger charge is -2.24. The Labute approximate surface area is 157 Å². The molecule has 0 radical (unpaired) electrons. The molecule has 0 amide bonds. The lowest BCUT2D eigenvalue weighted by molar-refractivity contribution is -0.0192. The summed E-state index contributed by atoms with van der Waals surface area (Å²) in [5, 5.41) is 15.0. The fourth-order valence-electron chi connectivity index (χ4n) is 2.92. The van der Waals surface area contributed by atoms with E-state index in [1.54, 1.807) is 0 Å². The van der Waals surface area contributed by atoms with Crippen LogP contribution in [0.4, 0.5) is 0 Å². The highest BCUT2D eigenvalue weighted by molar-refractivity contribution is 5.63. The highest BCUT2D eigenvalue weighted by Crippen LogP contribution is 2.30. The van der Waals surface area contributed by atoms with Crippen molar-refractivity contribution in [2.75, 3.05) is 0 Å². The highest BCUT2D eigenvalue weighted by atomic mass is 16.5. The van der Waals surface area contributed by atoms with E-state index in [1.165, 1.54) is 17.3 Å². The standard InChI is InChI=1S/C22H19N3O2/c26-21(19-9-5-2-6-10-19)22(25-16-23-15-24-25)27-20-13-11-18(12-14-20)17-7-3-1-4-8-17/h1-16,21-22,26H. The molecule has 0 aliphatic carbocycles. The molecule has 4 aromatic rings. The van der Waals surface area contributed by atoms with Gasteiger partial charge < -0.3 is 9.84 Å². The zero-order valence-corrected chi connectivity index (χ0v) is 14.6. The molecule has 5 nitrogen and oxygen atoms in total. The average molecular weight is 357 g/mol. The normalized spacial score (nSPS) is 13.1. The molecule has 4 rings (SSSR count). The molecule has 134 valence electrons. The SMILES string of the molecule is OC(c1ccccc1)C(Oc1ccc(-c2ccccc2)cc1)n1cncn1. The third kappa shape index (κ3) is 3.88. The summed E-state index contributed by atoms with van der Waals surface area (Å²) in [5.74, 6) is 0.644. The van der Waals surface area contributed by atoms with Crippen molar-refractivity contribution in [2.45, 2.75) is 12.3 Å². The number of nitrogens with zero attached hydrogens (tertiary/aromatic N) is 3. The van der Waals surface area contributed by atoms with Crippen LogP contribution >= 0.6 is 0 Å². The molecule has 5 heteroatoms. The van der Waals surface area contributed by atoms with Gasteiger partial charge in [0.1, 0.15) is 24.5 Å². The molecule has 1 aromatic heterocycles. The van der Waals surface area contributed by atoms with Crippen LogP contribution in [0.25, 0.3) is 11.1 Å². The van der Waals surface area contributed by atoms with Crippen LogP contribution in [-0.2, 0) is 0 Å². The van der Waals surface area contributed by atoms with E-state index in [0.717, 1.165) is 16.7 Å². The highest BCUT2D eigenvalue weighted by Gasteiger charge is 2.25. The molecule has 0 bridgehead atoms. The first-order valence-corrected chi connectivity index (χ1v) is 8.70. The van der Waals surface area contributed by atoms with E-state index < -0.39 is 12.3 Å². The zero-order valence-electron chi connectivity index (χ0n) is 14.6. The minimum atomic E-state index is -0.887. The van der Waals surface area contributed by atoms with Crippen molar-refractivity contribution in [1.29, 1.82) is 0 Å². The molecule has 0 aliphatic heterocycles. The van der Waals surface area contributed by atoms with Gasteiger partial charge >= 0.3 is 0 Å². The minimum absolute atomic E-state index is 0.644. The van der Waals surface area contributed by atoms with Crippen molar-refractivity contribution in [2.24, 2.45) is 0 Å². The number of aliphatic hydroxyl groups is 1. The molecule has 2 atom stereocenters. The number of aliphatic hydroxyl groups excluding tert-OH is 1. The molecule has 1 heterocycles. The minimum Gasteiger partial charge on any atom is -0.465 e. The van der Waals surface area contributed by atoms with Crippen molar-refractivity contribution < 1.29 is 9.84 Å². The molecule has 2 unspecified atom stereocenters. The molecule has 27 heavy (non-hydrogen) atoms. The van der Waals surface area contributed by atoms with Crippen molar-refractivity contribution in [3.63, 3.8) is 0 Å². The Balaban J connectivity index is 1.59. The van der Waals surface area contributed by atoms with Gasteiger partial charge in [-0.15, -0.1) is 0 Å². The maximum absolute atomic E-state index is 10.8. The van der Waals surface area contributed by atoms with Gasteiger partial charge in [-0.05, 0) is 28.8 Å². The monoisotopic (exact) mass is 357 g/mol. The van der Waals surface area contributed by atoms with Gasteiger partial charge in [-0.2, -0.15) is 5.10 Å². The van der Waals surface area contributed by atoms with E-state index in [9.17, 15) is 5.11 Å². The summed E-state index contributed by atoms with van der Waals surface area (Å²) in [6.45, 7) is 0. The van der Waals surface area contributed by atoms with Crippen molar-refractivity contribution in [3.8, 4) is 16.9 Å². The molecule has 0 saturated carbocycles. The Kier molecular flexibility index (Phi) is 4.94. The average Bonchev–Trinajstić information content (AvgIpc) is 3.28. The molecule has 0 spiro atoms. The second-order valence-electron chi connectivity index (χ2n) is 6.13. The molecular weight excluding hydrogens is 338 g/mol. The fraction of sp³-hybridized carbons (Fsp3) is 0.0909. The van der Waals surface area contributed by atoms with E-state index >= 15 is 0 Å². The zero-order chi connectivity index (χ0) is 18.5. The summed E-state index contributed by atoms with van der Waals surface area (Å²) in [6, 6.07) is 27.3. The van der Waals surface area contributed by atoms with Crippen LogP contribution in [0, 0.1) is 0 Å². The first-order chi connectivity index (χ1) is 13.3. The molecule has 0 aliphatic rings. The van der Waals surface area contributed by atoms with Crippen LogP contribution in [0.1, 0.15) is 17.9 Å². The van der Waals surface area contributed by atoms with E-state index in [1.807, 2.05) is 72.8 Å². The Bertz CT molecular complexity index is 956. The second-order valence-corrected chi connectivity index (χ2v) is 6.13. The first-order valence-electron chi connectivity index (χ1n) is 8.70. The van der Waals surface area contributed by atoms with Gasteiger partial charge in [-0.25, -0.2) is 9.67 Å². The lowest BCUT2D eigenvalue weighted by Crippen LogP contribution is -2.24. The van der Waals surface area contributed by atoms with Crippen LogP contribution < -0.4 is 4.74 Å². The molecule has 3 aromatic carbocycles. The quantitative estimate of drug-likeness (QED) is 0.560. The number of rotatable bonds is 6. The summed E-state index contributed by atoms with van der Waals surface area (Å²) in [6.07, 6.45) is 1.35. The van der Waals surface area contributed by atoms with Gasteiger partial charge in [-0.3, -0.25) is 0 Å². The number of aromatic nitrogens is 3. The van der Waals surface area contributed by atoms with E-state index in [-0.39, 0.29) is 0 Å². The Morgan fingerprint density at radius 3 is 2.04 bits per heavy atom. The van der Waals surface area contributed by atoms with Crippen molar-refractivity contribution in [1.82, 2.24) is 14.8 Å². The predicted molar refractivity (Wildman–Crippen MR) is 103 cm³/mol. The van der Waals surface area contributed by atoms with E-state index in [2.05, 4.69) is 22.2 Å². The summed E-state index contributed by atoms with van der Waals surface area (Å²) >= 11 is 0. The number of hydrogen-bond donors (Lipinski definition) is 1. The van der Waals surface area contributed by atoms with Gasteiger partial charge in [0.25, 0.3) is 0 Å². The molecule has 1 N–H and O–H groups in total. The van der Waals surface area contributed by atoms with Gasteiger partial charge in [0, 0.05) is 0 Å². The van der Waals surface area contributed by atoms with Gasteiger partial charge in [-0.1, -0.05) is 72.8 Å². The van der Waals surface area contributed by atoms with Crippen molar-refractivity contribution in [3.05, 3.63) is 103 Å². The molecular formula is C22H19N3O2. The number of hydrogen-bond acceptors (Lipinski definition) is 4. The number of ether oxygens (including phenoxy) is 1. The van der Waals surface area contributed by atoms with Gasteiger partial charge in [0.2, 0.25) is 6.23 Å². The Hall–Kier alpha value is -3.44. The van der Waals surface area contributed by atoms with E-state index in [4.69, 9.17) is 4.74 Å². The number of benzene rings is 3. The summed E-state index contributed by atoms with van der Waals surface area (Å²) in [5.41, 5.74) is 2.99. The smallest absolute Gasteiger partial charge is 0.222 e.